The molecular formula is C14H25NO6. The van der Waals surface area contributed by atoms with E-state index in [2.05, 4.69) is 0 Å². The molecule has 1 aliphatic rings. The predicted molar refractivity (Wildman–Crippen MR) is 75.4 cm³/mol. The van der Waals surface area contributed by atoms with E-state index in [1.807, 2.05) is 6.92 Å². The van der Waals surface area contributed by atoms with Crippen LogP contribution in [0, 0.1) is 10.1 Å². The summed E-state index contributed by atoms with van der Waals surface area (Å²) >= 11 is 0. The average molecular weight is 303 g/mol. The van der Waals surface area contributed by atoms with Crippen LogP contribution in [0.4, 0.5) is 0 Å². The van der Waals surface area contributed by atoms with Gasteiger partial charge in [0.2, 0.25) is 0 Å². The summed E-state index contributed by atoms with van der Waals surface area (Å²) in [6.45, 7) is 5.88. The molecule has 0 aromatic heterocycles. The topological polar surface area (TPSA) is 87.9 Å². The molecule has 1 aliphatic heterocycles. The smallest absolute Gasteiger partial charge is 0.305 e. The van der Waals surface area contributed by atoms with Crippen LogP contribution in [0.2, 0.25) is 0 Å². The van der Waals surface area contributed by atoms with Gasteiger partial charge >= 0.3 is 5.97 Å². The lowest BCUT2D eigenvalue weighted by atomic mass is 9.97. The van der Waals surface area contributed by atoms with Gasteiger partial charge in [-0.1, -0.05) is 20.3 Å². The Bertz CT molecular complexity index is 362. The second kappa shape index (κ2) is 7.70. The van der Waals surface area contributed by atoms with Crippen molar-refractivity contribution < 1.29 is 23.9 Å². The second-order valence-electron chi connectivity index (χ2n) is 5.62. The van der Waals surface area contributed by atoms with Crippen LogP contribution in [0.3, 0.4) is 0 Å². The average Bonchev–Trinajstić information content (AvgIpc) is 2.46. The first-order valence-corrected chi connectivity index (χ1v) is 7.45. The van der Waals surface area contributed by atoms with Crippen LogP contribution < -0.4 is 0 Å². The summed E-state index contributed by atoms with van der Waals surface area (Å²) in [5.41, 5.74) is -1.18. The van der Waals surface area contributed by atoms with E-state index in [0.717, 1.165) is 12.8 Å². The van der Waals surface area contributed by atoms with Gasteiger partial charge in [0.15, 0.2) is 5.79 Å². The zero-order valence-electron chi connectivity index (χ0n) is 13.1. The minimum absolute atomic E-state index is 0.00210. The third-order valence-electron chi connectivity index (χ3n) is 3.88. The van der Waals surface area contributed by atoms with Crippen molar-refractivity contribution in [2.45, 2.75) is 64.2 Å². The van der Waals surface area contributed by atoms with Gasteiger partial charge in [-0.05, 0) is 13.3 Å². The van der Waals surface area contributed by atoms with Gasteiger partial charge in [0, 0.05) is 17.8 Å². The third kappa shape index (κ3) is 4.93. The van der Waals surface area contributed by atoms with Crippen LogP contribution in [-0.2, 0) is 19.0 Å². The molecule has 0 bridgehead atoms. The molecule has 0 unspecified atom stereocenters. The van der Waals surface area contributed by atoms with Crippen LogP contribution in [-0.4, -0.2) is 42.0 Å². The van der Waals surface area contributed by atoms with Crippen molar-refractivity contribution in [2.75, 3.05) is 19.8 Å². The number of carbonyl (C=O) groups is 1. The van der Waals surface area contributed by atoms with Crippen LogP contribution >= 0.6 is 0 Å². The number of hydrogen-bond acceptors (Lipinski definition) is 6. The molecular weight excluding hydrogens is 278 g/mol. The summed E-state index contributed by atoms with van der Waals surface area (Å²) in [5.74, 6) is -1.25. The fraction of sp³-hybridized carbons (Fsp3) is 0.929. The number of carbonyl (C=O) groups excluding carboxylic acids is 1. The minimum atomic E-state index is -1.18. The fourth-order valence-electron chi connectivity index (χ4n) is 1.97. The Labute approximate surface area is 125 Å². The Morgan fingerprint density at radius 1 is 1.33 bits per heavy atom. The van der Waals surface area contributed by atoms with E-state index in [9.17, 15) is 14.9 Å². The molecule has 0 aromatic rings. The molecule has 7 heteroatoms. The highest BCUT2D eigenvalue weighted by Crippen LogP contribution is 2.31. The lowest BCUT2D eigenvalue weighted by Crippen LogP contribution is -2.56. The molecule has 0 saturated carbocycles. The largest absolute Gasteiger partial charge is 0.466 e. The van der Waals surface area contributed by atoms with Gasteiger partial charge in [-0.15, -0.1) is 0 Å². The summed E-state index contributed by atoms with van der Waals surface area (Å²) in [5, 5.41) is 11.1. The van der Waals surface area contributed by atoms with E-state index in [1.54, 1.807) is 13.8 Å². The van der Waals surface area contributed by atoms with Crippen molar-refractivity contribution in [2.24, 2.45) is 0 Å². The van der Waals surface area contributed by atoms with E-state index >= 15 is 0 Å². The minimum Gasteiger partial charge on any atom is -0.466 e. The molecule has 1 saturated heterocycles. The monoisotopic (exact) mass is 303 g/mol. The molecule has 0 amide bonds. The Kier molecular flexibility index (Phi) is 6.54. The number of ether oxygens (including phenoxy) is 3. The maximum atomic E-state index is 11.6. The summed E-state index contributed by atoms with van der Waals surface area (Å²) in [7, 11) is 0. The van der Waals surface area contributed by atoms with Crippen LogP contribution in [0.25, 0.3) is 0 Å². The highest BCUT2D eigenvalue weighted by molar-refractivity contribution is 5.69. The van der Waals surface area contributed by atoms with Crippen molar-refractivity contribution in [1.82, 2.24) is 0 Å². The number of hydrogen-bond donors (Lipinski definition) is 0. The zero-order valence-corrected chi connectivity index (χ0v) is 13.1. The van der Waals surface area contributed by atoms with Crippen molar-refractivity contribution in [1.29, 1.82) is 0 Å². The van der Waals surface area contributed by atoms with Crippen molar-refractivity contribution in [3.8, 4) is 0 Å². The number of unbranched alkanes of at least 4 members (excludes halogenated alkanes) is 1. The van der Waals surface area contributed by atoms with E-state index < -0.39 is 11.3 Å². The molecule has 0 N–H and O–H groups in total. The maximum absolute atomic E-state index is 11.6. The molecule has 0 spiro atoms. The first-order valence-electron chi connectivity index (χ1n) is 7.45. The number of esters is 1. The fourth-order valence-corrected chi connectivity index (χ4v) is 1.97. The maximum Gasteiger partial charge on any atom is 0.305 e. The first-order chi connectivity index (χ1) is 9.87. The SMILES string of the molecule is CCCCOC(=O)CCC1(C)OCC(CC)([N+](=O)[O-])CO1. The van der Waals surface area contributed by atoms with E-state index in [4.69, 9.17) is 14.2 Å². The molecule has 1 rings (SSSR count). The van der Waals surface area contributed by atoms with Crippen molar-refractivity contribution in [3.63, 3.8) is 0 Å². The van der Waals surface area contributed by atoms with Gasteiger partial charge in [0.1, 0.15) is 13.2 Å². The Balaban J connectivity index is 2.40. The Morgan fingerprint density at radius 3 is 2.43 bits per heavy atom. The van der Waals surface area contributed by atoms with Gasteiger partial charge in [0.05, 0.1) is 13.0 Å². The standard InChI is InChI=1S/C14H25NO6/c1-4-6-9-19-12(16)7-8-13(3)20-10-14(5-2,11-21-13)15(17)18/h4-11H2,1-3H3. The molecule has 7 nitrogen and oxygen atoms in total. The molecule has 1 heterocycles. The lowest BCUT2D eigenvalue weighted by molar-refractivity contribution is -0.596. The van der Waals surface area contributed by atoms with E-state index in [0.29, 0.717) is 19.4 Å². The highest BCUT2D eigenvalue weighted by Gasteiger charge is 2.49. The quantitative estimate of drug-likeness (QED) is 0.296. The molecule has 122 valence electrons. The van der Waals surface area contributed by atoms with Crippen LogP contribution in [0.15, 0.2) is 0 Å². The van der Waals surface area contributed by atoms with Gasteiger partial charge < -0.3 is 14.2 Å². The van der Waals surface area contributed by atoms with E-state index in [-0.39, 0.29) is 30.5 Å². The zero-order chi connectivity index (χ0) is 15.9. The molecule has 0 radical (unpaired) electrons. The lowest BCUT2D eigenvalue weighted by Gasteiger charge is -2.39. The van der Waals surface area contributed by atoms with Crippen molar-refractivity contribution >= 4 is 5.97 Å². The van der Waals surface area contributed by atoms with Gasteiger partial charge in [-0.25, -0.2) is 0 Å². The predicted octanol–water partition coefficient (Wildman–Crippen LogP) is 2.30. The van der Waals surface area contributed by atoms with Gasteiger partial charge in [-0.2, -0.15) is 0 Å². The molecule has 21 heavy (non-hydrogen) atoms. The second-order valence-corrected chi connectivity index (χ2v) is 5.62. The number of nitrogens with zero attached hydrogens (tertiary/aromatic N) is 1. The van der Waals surface area contributed by atoms with Crippen LogP contribution in [0.1, 0.15) is 52.9 Å². The normalized spacial score (nSPS) is 29.1. The van der Waals surface area contributed by atoms with E-state index in [1.165, 1.54) is 0 Å². The van der Waals surface area contributed by atoms with Crippen molar-refractivity contribution in [3.05, 3.63) is 10.1 Å². The third-order valence-corrected chi connectivity index (χ3v) is 3.88. The molecule has 0 aliphatic carbocycles. The van der Waals surface area contributed by atoms with Gasteiger partial charge in [-0.3, -0.25) is 14.9 Å². The summed E-state index contributed by atoms with van der Waals surface area (Å²) in [4.78, 5) is 22.3. The summed E-state index contributed by atoms with van der Waals surface area (Å²) < 4.78 is 16.1. The highest BCUT2D eigenvalue weighted by atomic mass is 16.7. The molecule has 1 fully saturated rings. The summed E-state index contributed by atoms with van der Waals surface area (Å²) in [6, 6.07) is 0. The van der Waals surface area contributed by atoms with Crippen LogP contribution in [0.5, 0.6) is 0 Å². The number of nitro groups is 1. The Hall–Kier alpha value is -1.21. The summed E-state index contributed by atoms with van der Waals surface area (Å²) in [6.07, 6.45) is 2.66. The first kappa shape index (κ1) is 17.8. The molecule has 0 aromatic carbocycles. The number of rotatable bonds is 8. The van der Waals surface area contributed by atoms with Gasteiger partial charge in [0.25, 0.3) is 5.54 Å². The molecule has 0 atom stereocenters. The Morgan fingerprint density at radius 2 is 1.95 bits per heavy atom.